The van der Waals surface area contributed by atoms with E-state index in [4.69, 9.17) is 17.0 Å². The standard InChI is InChI=1S/C14H16N2O4S/c1-2-20-13(19)11-10(7-17)15-14(21)16-12(11)8-4-3-5-9(18)6-8/h3-7,10-12,18H,2H2,1H3,(H2,15,16,21). The van der Waals surface area contributed by atoms with Crippen molar-refractivity contribution < 1.29 is 19.4 Å². The van der Waals surface area contributed by atoms with Gasteiger partial charge in [-0.15, -0.1) is 0 Å². The van der Waals surface area contributed by atoms with Gasteiger partial charge in [0, 0.05) is 0 Å². The van der Waals surface area contributed by atoms with Gasteiger partial charge >= 0.3 is 5.97 Å². The van der Waals surface area contributed by atoms with Crippen LogP contribution in [0.3, 0.4) is 0 Å². The molecular weight excluding hydrogens is 292 g/mol. The van der Waals surface area contributed by atoms with Gasteiger partial charge in [-0.25, -0.2) is 0 Å². The second-order valence-corrected chi connectivity index (χ2v) is 5.04. The number of hydrogen-bond donors (Lipinski definition) is 3. The van der Waals surface area contributed by atoms with Crippen molar-refractivity contribution in [1.29, 1.82) is 0 Å². The number of aromatic hydroxyl groups is 1. The third-order valence-electron chi connectivity index (χ3n) is 3.27. The summed E-state index contributed by atoms with van der Waals surface area (Å²) in [5.74, 6) is -1.19. The van der Waals surface area contributed by atoms with E-state index in [2.05, 4.69) is 10.6 Å². The van der Waals surface area contributed by atoms with Crippen LogP contribution >= 0.6 is 12.2 Å². The summed E-state index contributed by atoms with van der Waals surface area (Å²) < 4.78 is 5.05. The van der Waals surface area contributed by atoms with Gasteiger partial charge < -0.3 is 25.3 Å². The molecule has 0 spiro atoms. The van der Waals surface area contributed by atoms with Crippen LogP contribution in [0.4, 0.5) is 0 Å². The first-order chi connectivity index (χ1) is 10.1. The number of phenolic OH excluding ortho intramolecular Hbond substituents is 1. The van der Waals surface area contributed by atoms with Gasteiger partial charge in [0.1, 0.15) is 18.0 Å². The largest absolute Gasteiger partial charge is 0.508 e. The summed E-state index contributed by atoms with van der Waals surface area (Å²) in [6.45, 7) is 1.92. The van der Waals surface area contributed by atoms with Crippen molar-refractivity contribution in [2.45, 2.75) is 19.0 Å². The summed E-state index contributed by atoms with van der Waals surface area (Å²) in [7, 11) is 0. The number of carbonyl (C=O) groups excluding carboxylic acids is 2. The summed E-state index contributed by atoms with van der Waals surface area (Å²) in [6, 6.07) is 5.15. The van der Waals surface area contributed by atoms with Gasteiger partial charge in [0.05, 0.1) is 18.7 Å². The van der Waals surface area contributed by atoms with E-state index in [1.807, 2.05) is 0 Å². The Morgan fingerprint density at radius 2 is 2.24 bits per heavy atom. The second kappa shape index (κ2) is 6.53. The van der Waals surface area contributed by atoms with Gasteiger partial charge in [0.15, 0.2) is 5.11 Å². The smallest absolute Gasteiger partial charge is 0.313 e. The van der Waals surface area contributed by atoms with Gasteiger partial charge in [0.2, 0.25) is 0 Å². The van der Waals surface area contributed by atoms with Crippen molar-refractivity contribution >= 4 is 29.6 Å². The number of benzene rings is 1. The molecule has 1 aromatic carbocycles. The highest BCUT2D eigenvalue weighted by Gasteiger charge is 2.41. The van der Waals surface area contributed by atoms with E-state index in [0.29, 0.717) is 11.8 Å². The Morgan fingerprint density at radius 1 is 1.48 bits per heavy atom. The number of phenols is 1. The molecule has 6 nitrogen and oxygen atoms in total. The van der Waals surface area contributed by atoms with Crippen molar-refractivity contribution in [3.8, 4) is 5.75 Å². The quantitative estimate of drug-likeness (QED) is 0.428. The van der Waals surface area contributed by atoms with Gasteiger partial charge in [-0.3, -0.25) is 4.79 Å². The lowest BCUT2D eigenvalue weighted by atomic mass is 9.86. The lowest BCUT2D eigenvalue weighted by Crippen LogP contribution is -2.59. The zero-order valence-electron chi connectivity index (χ0n) is 11.4. The van der Waals surface area contributed by atoms with Crippen molar-refractivity contribution in [1.82, 2.24) is 10.6 Å². The maximum Gasteiger partial charge on any atom is 0.313 e. The first-order valence-electron chi connectivity index (χ1n) is 6.54. The Hall–Kier alpha value is -2.15. The molecule has 0 amide bonds. The highest BCUT2D eigenvalue weighted by Crippen LogP contribution is 2.30. The Morgan fingerprint density at radius 3 is 2.86 bits per heavy atom. The molecule has 0 radical (unpaired) electrons. The van der Waals surface area contributed by atoms with E-state index >= 15 is 0 Å². The number of esters is 1. The number of rotatable bonds is 4. The number of ether oxygens (including phenoxy) is 1. The second-order valence-electron chi connectivity index (χ2n) is 4.63. The molecule has 112 valence electrons. The average molecular weight is 308 g/mol. The molecule has 1 aliphatic heterocycles. The molecule has 7 heteroatoms. The minimum atomic E-state index is -0.773. The molecule has 1 saturated heterocycles. The minimum absolute atomic E-state index is 0.0732. The summed E-state index contributed by atoms with van der Waals surface area (Å²) in [6.07, 6.45) is 0.643. The maximum absolute atomic E-state index is 12.2. The van der Waals surface area contributed by atoms with E-state index in [1.165, 1.54) is 12.1 Å². The molecule has 0 bridgehead atoms. The number of thiocarbonyl (C=S) groups is 1. The van der Waals surface area contributed by atoms with Gasteiger partial charge in [-0.05, 0) is 36.8 Å². The zero-order chi connectivity index (χ0) is 15.4. The molecule has 3 unspecified atom stereocenters. The third-order valence-corrected chi connectivity index (χ3v) is 3.50. The fraction of sp³-hybridized carbons (Fsp3) is 0.357. The van der Waals surface area contributed by atoms with Crippen LogP contribution in [0.25, 0.3) is 0 Å². The lowest BCUT2D eigenvalue weighted by Gasteiger charge is -2.37. The predicted molar refractivity (Wildman–Crippen MR) is 79.7 cm³/mol. The van der Waals surface area contributed by atoms with E-state index in [9.17, 15) is 14.7 Å². The van der Waals surface area contributed by atoms with E-state index in [0.717, 1.165) is 0 Å². The predicted octanol–water partition coefficient (Wildman–Crippen LogP) is 0.658. The molecule has 0 saturated carbocycles. The van der Waals surface area contributed by atoms with Crippen LogP contribution in [0.1, 0.15) is 18.5 Å². The first-order valence-corrected chi connectivity index (χ1v) is 6.95. The van der Waals surface area contributed by atoms with Gasteiger partial charge in [-0.2, -0.15) is 0 Å². The van der Waals surface area contributed by atoms with Crippen molar-refractivity contribution in [3.63, 3.8) is 0 Å². The summed E-state index contributed by atoms with van der Waals surface area (Å²) >= 11 is 5.07. The average Bonchev–Trinajstić information content (AvgIpc) is 2.46. The molecule has 2 rings (SSSR count). The Balaban J connectivity index is 2.39. The Kier molecular flexibility index (Phi) is 4.74. The molecule has 1 aromatic rings. The summed E-state index contributed by atoms with van der Waals surface area (Å²) in [5.41, 5.74) is 0.656. The van der Waals surface area contributed by atoms with Crippen LogP contribution in [-0.4, -0.2) is 35.1 Å². The lowest BCUT2D eigenvalue weighted by molar-refractivity contribution is -0.151. The number of nitrogens with one attached hydrogen (secondary N) is 2. The first kappa shape index (κ1) is 15.2. The molecule has 1 heterocycles. The van der Waals surface area contributed by atoms with Crippen LogP contribution in [0, 0.1) is 5.92 Å². The number of hydrogen-bond acceptors (Lipinski definition) is 5. The van der Waals surface area contributed by atoms with Crippen molar-refractivity contribution in [3.05, 3.63) is 29.8 Å². The SMILES string of the molecule is CCOC(=O)C1C(C=O)NC(=S)NC1c1cccc(O)c1. The molecule has 1 fully saturated rings. The monoisotopic (exact) mass is 308 g/mol. The Bertz CT molecular complexity index is 564. The molecule has 3 N–H and O–H groups in total. The van der Waals surface area contributed by atoms with Crippen molar-refractivity contribution in [2.75, 3.05) is 6.61 Å². The highest BCUT2D eigenvalue weighted by atomic mass is 32.1. The fourth-order valence-corrected chi connectivity index (χ4v) is 2.63. The number of carbonyl (C=O) groups is 2. The zero-order valence-corrected chi connectivity index (χ0v) is 12.2. The topological polar surface area (TPSA) is 87.7 Å². The van der Waals surface area contributed by atoms with Crippen LogP contribution < -0.4 is 10.6 Å². The van der Waals surface area contributed by atoms with Crippen LogP contribution in [-0.2, 0) is 14.3 Å². The molecule has 0 aromatic heterocycles. The molecular formula is C14H16N2O4S. The highest BCUT2D eigenvalue weighted by molar-refractivity contribution is 7.80. The van der Waals surface area contributed by atoms with Gasteiger partial charge in [-0.1, -0.05) is 12.1 Å². The third kappa shape index (κ3) is 3.30. The van der Waals surface area contributed by atoms with Crippen LogP contribution in [0.5, 0.6) is 5.75 Å². The maximum atomic E-state index is 12.2. The summed E-state index contributed by atoms with van der Waals surface area (Å²) in [4.78, 5) is 23.4. The van der Waals surface area contributed by atoms with E-state index in [1.54, 1.807) is 19.1 Å². The molecule has 3 atom stereocenters. The molecule has 1 aliphatic rings. The fourth-order valence-electron chi connectivity index (χ4n) is 2.37. The molecule has 21 heavy (non-hydrogen) atoms. The number of aldehydes is 1. The minimum Gasteiger partial charge on any atom is -0.508 e. The normalized spacial score (nSPS) is 24.6. The van der Waals surface area contributed by atoms with Crippen molar-refractivity contribution in [2.24, 2.45) is 5.92 Å². The van der Waals surface area contributed by atoms with Crippen LogP contribution in [0.15, 0.2) is 24.3 Å². The molecule has 0 aliphatic carbocycles. The summed E-state index contributed by atoms with van der Waals surface area (Å²) in [5, 5.41) is 15.6. The van der Waals surface area contributed by atoms with E-state index < -0.39 is 24.0 Å². The Labute approximate surface area is 127 Å². The van der Waals surface area contributed by atoms with E-state index in [-0.39, 0.29) is 17.5 Å². The van der Waals surface area contributed by atoms with Crippen LogP contribution in [0.2, 0.25) is 0 Å². The van der Waals surface area contributed by atoms with Gasteiger partial charge in [0.25, 0.3) is 0 Å².